The Morgan fingerprint density at radius 3 is 2.34 bits per heavy atom. The number of carbonyl (C=O) groups excluding carboxylic acids is 4. The smallest absolute Gasteiger partial charge is 0.328 e. The molecule has 0 saturated carbocycles. The molecule has 0 unspecified atom stereocenters. The monoisotopic (exact) mass is 864 g/mol. The van der Waals surface area contributed by atoms with E-state index in [0.29, 0.717) is 49.0 Å². The molecule has 4 aliphatic heterocycles. The minimum absolute atomic E-state index is 0.0755. The fourth-order valence-corrected chi connectivity index (χ4v) is 9.52. The number of H-pyrrole nitrogens is 1. The number of aromatic amines is 1. The molecule has 3 fully saturated rings. The van der Waals surface area contributed by atoms with Crippen molar-refractivity contribution in [2.45, 2.75) is 39.2 Å². The lowest BCUT2D eigenvalue weighted by Crippen LogP contribution is -2.49. The predicted octanol–water partition coefficient (Wildman–Crippen LogP) is 6.01. The van der Waals surface area contributed by atoms with Gasteiger partial charge in [0.25, 0.3) is 11.8 Å². The van der Waals surface area contributed by atoms with E-state index in [2.05, 4.69) is 64.9 Å². The van der Waals surface area contributed by atoms with Crippen molar-refractivity contribution in [1.29, 1.82) is 0 Å². The normalized spacial score (nSPS) is 17.1. The number of rotatable bonds is 9. The Labute approximate surface area is 368 Å². The first kappa shape index (κ1) is 40.8. The van der Waals surface area contributed by atoms with Crippen LogP contribution in [0.4, 0.5) is 43.6 Å². The van der Waals surface area contributed by atoms with E-state index in [1.54, 1.807) is 34.0 Å². The molecule has 0 atom stereocenters. The lowest BCUT2D eigenvalue weighted by atomic mass is 9.95. The van der Waals surface area contributed by atoms with Gasteiger partial charge in [0.05, 0.1) is 11.0 Å². The van der Waals surface area contributed by atoms with E-state index in [0.717, 1.165) is 92.5 Å². The third-order valence-electron chi connectivity index (χ3n) is 13.1. The molecule has 3 saturated heterocycles. The van der Waals surface area contributed by atoms with Gasteiger partial charge in [0.2, 0.25) is 5.91 Å². The van der Waals surface area contributed by atoms with Crippen molar-refractivity contribution in [3.63, 3.8) is 0 Å². The van der Waals surface area contributed by atoms with Crippen molar-refractivity contribution < 1.29 is 23.6 Å². The van der Waals surface area contributed by atoms with E-state index >= 15 is 4.39 Å². The fourth-order valence-electron chi connectivity index (χ4n) is 9.52. The number of nitrogens with two attached hydrogens (primary N) is 1. The molecule has 6 aromatic rings. The lowest BCUT2D eigenvalue weighted by molar-refractivity contribution is -0.120. The molecule has 6 N–H and O–H groups in total. The summed E-state index contributed by atoms with van der Waals surface area (Å²) in [5.41, 5.74) is 13.0. The van der Waals surface area contributed by atoms with Crippen LogP contribution in [0.2, 0.25) is 0 Å². The highest BCUT2D eigenvalue weighted by Gasteiger charge is 2.31. The second kappa shape index (κ2) is 16.8. The van der Waals surface area contributed by atoms with Gasteiger partial charge in [-0.3, -0.25) is 29.5 Å². The van der Waals surface area contributed by atoms with Gasteiger partial charge in [-0.1, -0.05) is 0 Å². The van der Waals surface area contributed by atoms with E-state index in [-0.39, 0.29) is 39.9 Å². The van der Waals surface area contributed by atoms with E-state index in [1.807, 2.05) is 18.2 Å². The summed E-state index contributed by atoms with van der Waals surface area (Å²) in [5.74, 6) is -0.779. The van der Waals surface area contributed by atoms with Crippen LogP contribution in [0.25, 0.3) is 22.3 Å². The molecule has 17 heteroatoms. The van der Waals surface area contributed by atoms with E-state index in [9.17, 15) is 19.2 Å². The number of pyridine rings is 1. The molecule has 5 amide bonds. The first-order valence-corrected chi connectivity index (χ1v) is 21.9. The number of benzene rings is 3. The van der Waals surface area contributed by atoms with Crippen molar-refractivity contribution in [2.24, 2.45) is 11.7 Å². The zero-order valence-electron chi connectivity index (χ0n) is 35.5. The molecule has 0 aliphatic carbocycles. The number of carbonyl (C=O) groups is 4. The number of fused-ring (bicyclic) bond motifs is 3. The quantitative estimate of drug-likeness (QED) is 0.115. The zero-order valence-corrected chi connectivity index (χ0v) is 35.5. The number of primary amides is 1. The standard InChI is InChI=1S/C47H49FN12O4/c1-28-34(46(63)53-39-11-10-37-38(51-39)12-17-50-37)7-8-35(42(28)48)43-41(44(49)62)45-52-36-9-6-33(26-30(36)15-21-60(45)55-43)58-24-22-56(23-25-58)27-29-13-18-57(19-14-29)31-2-4-32(5-3-31)59-20-16-40(61)54-47(59)64/h2-12,17,26,29,50,52H,13-16,18-25,27H2,1H3,(H2,49,62)(H,51,53,63)(H,54,61,64). The fraction of sp³-hybridized carbons (Fsp3) is 0.319. The number of nitrogens with one attached hydrogen (secondary N) is 4. The number of piperazine rings is 1. The number of imide groups is 1. The van der Waals surface area contributed by atoms with Gasteiger partial charge in [-0.15, -0.1) is 0 Å². The molecule has 3 aromatic carbocycles. The van der Waals surface area contributed by atoms with E-state index in [1.165, 1.54) is 19.1 Å². The highest BCUT2D eigenvalue weighted by molar-refractivity contribution is 6.07. The molecule has 4 aliphatic rings. The Balaban J connectivity index is 0.750. The number of urea groups is 1. The number of hydrogen-bond acceptors (Lipinski definition) is 10. The van der Waals surface area contributed by atoms with Crippen molar-refractivity contribution in [3.8, 4) is 11.3 Å². The van der Waals surface area contributed by atoms with Gasteiger partial charge < -0.3 is 31.2 Å². The van der Waals surface area contributed by atoms with Crippen LogP contribution in [-0.4, -0.2) is 101 Å². The number of aromatic nitrogens is 4. The number of anilines is 6. The first-order valence-electron chi connectivity index (χ1n) is 21.9. The van der Waals surface area contributed by atoms with Crippen molar-refractivity contribution in [2.75, 3.05) is 77.7 Å². The maximum Gasteiger partial charge on any atom is 0.328 e. The van der Waals surface area contributed by atoms with Gasteiger partial charge in [-0.2, -0.15) is 5.10 Å². The summed E-state index contributed by atoms with van der Waals surface area (Å²) in [5, 5.41) is 13.3. The van der Waals surface area contributed by atoms with Crippen LogP contribution in [0.3, 0.4) is 0 Å². The Morgan fingerprint density at radius 2 is 1.58 bits per heavy atom. The second-order valence-electron chi connectivity index (χ2n) is 17.0. The highest BCUT2D eigenvalue weighted by Crippen LogP contribution is 2.38. The maximum atomic E-state index is 16.2. The van der Waals surface area contributed by atoms with Crippen molar-refractivity contribution in [1.82, 2.24) is 30.0 Å². The predicted molar refractivity (Wildman–Crippen MR) is 244 cm³/mol. The SMILES string of the molecule is Cc1c(C(=O)Nc2ccc3[nH]ccc3n2)ccc(-c2nn3c(c2C(N)=O)Nc2ccc(N4CCN(CC5CCN(c6ccc(N7CCC(=O)NC7=O)cc6)CC5)CC4)cc2CC3)c1F. The van der Waals surface area contributed by atoms with Crippen LogP contribution < -0.4 is 36.4 Å². The van der Waals surface area contributed by atoms with E-state index in [4.69, 9.17) is 10.8 Å². The summed E-state index contributed by atoms with van der Waals surface area (Å²) in [4.78, 5) is 66.7. The molecule has 64 heavy (non-hydrogen) atoms. The molecule has 7 heterocycles. The van der Waals surface area contributed by atoms with Crippen LogP contribution >= 0.6 is 0 Å². The molecule has 10 rings (SSSR count). The summed E-state index contributed by atoms with van der Waals surface area (Å²) in [6.07, 6.45) is 4.94. The first-order chi connectivity index (χ1) is 31.1. The van der Waals surface area contributed by atoms with E-state index < -0.39 is 17.6 Å². The molecule has 328 valence electrons. The Hall–Kier alpha value is -7.27. The summed E-state index contributed by atoms with van der Waals surface area (Å²) in [6.45, 7) is 9.22. The molecule has 0 radical (unpaired) electrons. The summed E-state index contributed by atoms with van der Waals surface area (Å²) in [6, 6.07) is 22.3. The van der Waals surface area contributed by atoms with Crippen molar-refractivity contribution >= 4 is 69.2 Å². The minimum Gasteiger partial charge on any atom is -0.372 e. The number of halogens is 1. The van der Waals surface area contributed by atoms with Gasteiger partial charge in [0.15, 0.2) is 0 Å². The number of amides is 5. The topological polar surface area (TPSA) is 190 Å². The van der Waals surface area contributed by atoms with Gasteiger partial charge in [0.1, 0.15) is 28.7 Å². The Morgan fingerprint density at radius 1 is 0.828 bits per heavy atom. The molecular formula is C47H49FN12O4. The molecule has 0 spiro atoms. The number of piperidine rings is 1. The lowest BCUT2D eigenvalue weighted by Gasteiger charge is -2.40. The Kier molecular flexibility index (Phi) is 10.7. The zero-order chi connectivity index (χ0) is 44.1. The second-order valence-corrected chi connectivity index (χ2v) is 17.0. The largest absolute Gasteiger partial charge is 0.372 e. The van der Waals surface area contributed by atoms with Crippen LogP contribution in [0.15, 0.2) is 79.0 Å². The minimum atomic E-state index is -0.742. The number of aryl methyl sites for hydroxylation is 2. The Bertz CT molecular complexity index is 2800. The molecular weight excluding hydrogens is 816 g/mol. The number of hydrogen-bond donors (Lipinski definition) is 5. The highest BCUT2D eigenvalue weighted by atomic mass is 19.1. The molecule has 16 nitrogen and oxygen atoms in total. The third-order valence-corrected chi connectivity index (χ3v) is 13.1. The van der Waals surface area contributed by atoms with Crippen LogP contribution in [0.1, 0.15) is 51.1 Å². The summed E-state index contributed by atoms with van der Waals surface area (Å²) >= 11 is 0. The van der Waals surface area contributed by atoms with Crippen LogP contribution in [0, 0.1) is 18.7 Å². The van der Waals surface area contributed by atoms with Gasteiger partial charge in [-0.25, -0.2) is 18.9 Å². The van der Waals surface area contributed by atoms with Gasteiger partial charge >= 0.3 is 6.03 Å². The third kappa shape index (κ3) is 7.87. The average molecular weight is 865 g/mol. The average Bonchev–Trinajstić information content (AvgIpc) is 3.87. The summed E-state index contributed by atoms with van der Waals surface area (Å²) < 4.78 is 17.9. The van der Waals surface area contributed by atoms with Crippen molar-refractivity contribution in [3.05, 3.63) is 107 Å². The van der Waals surface area contributed by atoms with Crippen LogP contribution in [-0.2, 0) is 17.8 Å². The molecule has 3 aromatic heterocycles. The van der Waals surface area contributed by atoms with Gasteiger partial charge in [-0.05, 0) is 116 Å². The summed E-state index contributed by atoms with van der Waals surface area (Å²) in [7, 11) is 0. The molecule has 0 bridgehead atoms. The van der Waals surface area contributed by atoms with Crippen LogP contribution in [0.5, 0.6) is 0 Å². The number of nitrogens with zero attached hydrogens (tertiary/aromatic N) is 7. The van der Waals surface area contributed by atoms with Gasteiger partial charge in [0, 0.05) is 105 Å². The maximum absolute atomic E-state index is 16.2.